The molecule has 1 aromatic rings. The van der Waals surface area contributed by atoms with Crippen LogP contribution >= 0.6 is 0 Å². The molecule has 0 saturated carbocycles. The van der Waals surface area contributed by atoms with Crippen LogP contribution in [0.2, 0.25) is 0 Å². The molecular weight excluding hydrogens is 126 g/mol. The molecule has 0 aliphatic heterocycles. The van der Waals surface area contributed by atoms with Gasteiger partial charge in [-0.2, -0.15) is 0 Å². The van der Waals surface area contributed by atoms with Gasteiger partial charge in [0.2, 0.25) is 0 Å². The second-order valence-electron chi connectivity index (χ2n) is 2.45. The lowest BCUT2D eigenvalue weighted by molar-refractivity contribution is -0.740. The fourth-order valence-electron chi connectivity index (χ4n) is 0.766. The zero-order valence-corrected chi connectivity index (χ0v) is 6.84. The molecule has 0 atom stereocenters. The van der Waals surface area contributed by atoms with Crippen LogP contribution in [0.4, 0.5) is 0 Å². The summed E-state index contributed by atoms with van der Waals surface area (Å²) in [5.74, 6) is 0.947. The van der Waals surface area contributed by atoms with Crippen molar-refractivity contribution in [1.82, 2.24) is 10.1 Å². The molecule has 0 radical (unpaired) electrons. The molecule has 0 amide bonds. The molecule has 0 fully saturated rings. The second kappa shape index (κ2) is 2.33. The normalized spacial score (nSPS) is 10.0. The number of hydrogen-bond donors (Lipinski definition) is 0. The van der Waals surface area contributed by atoms with E-state index in [9.17, 15) is 0 Å². The van der Waals surface area contributed by atoms with E-state index in [0.717, 1.165) is 17.2 Å². The Morgan fingerprint density at radius 1 is 1.10 bits per heavy atom. The molecule has 0 N–H and O–H groups in total. The number of rotatable bonds is 0. The van der Waals surface area contributed by atoms with Crippen molar-refractivity contribution in [3.8, 4) is 0 Å². The van der Waals surface area contributed by atoms with Gasteiger partial charge in [-0.3, -0.25) is 0 Å². The SMILES string of the molecule is Cc1nc(C)[n+](C)nc1C. The Morgan fingerprint density at radius 2 is 1.70 bits per heavy atom. The zero-order chi connectivity index (χ0) is 7.72. The standard InChI is InChI=1S/C7H12N3/c1-5-6(2)9-10(4)7(3)8-5/h1-4H3/q+1. The second-order valence-corrected chi connectivity index (χ2v) is 2.45. The zero-order valence-electron chi connectivity index (χ0n) is 6.84. The van der Waals surface area contributed by atoms with Crippen LogP contribution in [0.1, 0.15) is 17.2 Å². The van der Waals surface area contributed by atoms with Crippen molar-refractivity contribution < 1.29 is 4.68 Å². The molecule has 1 rings (SSSR count). The minimum atomic E-state index is 0.947. The van der Waals surface area contributed by atoms with Crippen LogP contribution in [0, 0.1) is 20.8 Å². The lowest BCUT2D eigenvalue weighted by Gasteiger charge is -1.93. The highest BCUT2D eigenvalue weighted by molar-refractivity contribution is 5.02. The molecule has 3 heteroatoms. The van der Waals surface area contributed by atoms with Crippen LogP contribution in [-0.2, 0) is 7.05 Å². The Balaban J connectivity index is 3.28. The smallest absolute Gasteiger partial charge is 0.138 e. The molecule has 1 aromatic heterocycles. The van der Waals surface area contributed by atoms with Crippen LogP contribution in [0.5, 0.6) is 0 Å². The van der Waals surface area contributed by atoms with E-state index < -0.39 is 0 Å². The molecule has 0 spiro atoms. The quantitative estimate of drug-likeness (QED) is 0.480. The third-order valence-corrected chi connectivity index (χ3v) is 1.62. The number of aryl methyl sites for hydroxylation is 4. The van der Waals surface area contributed by atoms with E-state index in [0.29, 0.717) is 0 Å². The van der Waals surface area contributed by atoms with Gasteiger partial charge in [-0.05, 0) is 11.9 Å². The fourth-order valence-corrected chi connectivity index (χ4v) is 0.766. The van der Waals surface area contributed by atoms with E-state index in [1.54, 1.807) is 4.68 Å². The van der Waals surface area contributed by atoms with Gasteiger partial charge in [0.05, 0.1) is 0 Å². The van der Waals surface area contributed by atoms with Crippen LogP contribution in [0.3, 0.4) is 0 Å². The van der Waals surface area contributed by atoms with E-state index in [4.69, 9.17) is 0 Å². The Labute approximate surface area is 60.7 Å². The molecule has 3 nitrogen and oxygen atoms in total. The van der Waals surface area contributed by atoms with Gasteiger partial charge in [0, 0.05) is 13.8 Å². The van der Waals surface area contributed by atoms with E-state index in [2.05, 4.69) is 10.1 Å². The van der Waals surface area contributed by atoms with Crippen LogP contribution in [0.15, 0.2) is 0 Å². The molecule has 0 aliphatic rings. The summed E-state index contributed by atoms with van der Waals surface area (Å²) < 4.78 is 1.78. The lowest BCUT2D eigenvalue weighted by Crippen LogP contribution is -2.38. The van der Waals surface area contributed by atoms with Crippen molar-refractivity contribution in [2.75, 3.05) is 0 Å². The van der Waals surface area contributed by atoms with E-state index in [1.165, 1.54) is 0 Å². The molecule has 0 aliphatic carbocycles. The van der Waals surface area contributed by atoms with Gasteiger partial charge in [-0.1, -0.05) is 5.10 Å². The fraction of sp³-hybridized carbons (Fsp3) is 0.571. The topological polar surface area (TPSA) is 29.7 Å². The summed E-state index contributed by atoms with van der Waals surface area (Å²) in [4.78, 5) is 4.27. The molecular formula is C7H12N3+. The van der Waals surface area contributed by atoms with Crippen molar-refractivity contribution in [2.45, 2.75) is 20.8 Å². The Morgan fingerprint density at radius 3 is 2.20 bits per heavy atom. The van der Waals surface area contributed by atoms with Crippen LogP contribution in [-0.4, -0.2) is 10.1 Å². The first-order valence-electron chi connectivity index (χ1n) is 3.29. The predicted molar refractivity (Wildman–Crippen MR) is 37.4 cm³/mol. The Kier molecular flexibility index (Phi) is 1.66. The van der Waals surface area contributed by atoms with E-state index in [-0.39, 0.29) is 0 Å². The molecule has 54 valence electrons. The maximum Gasteiger partial charge on any atom is 0.315 e. The highest BCUT2D eigenvalue weighted by Gasteiger charge is 2.07. The largest absolute Gasteiger partial charge is 0.315 e. The summed E-state index contributed by atoms with van der Waals surface area (Å²) in [6, 6.07) is 0. The average Bonchev–Trinajstić information content (AvgIpc) is 1.84. The summed E-state index contributed by atoms with van der Waals surface area (Å²) in [6.07, 6.45) is 0. The molecule has 10 heavy (non-hydrogen) atoms. The van der Waals surface area contributed by atoms with Gasteiger partial charge in [0.1, 0.15) is 12.7 Å². The van der Waals surface area contributed by atoms with E-state index >= 15 is 0 Å². The highest BCUT2D eigenvalue weighted by Crippen LogP contribution is 1.94. The average molecular weight is 138 g/mol. The summed E-state index contributed by atoms with van der Waals surface area (Å²) in [5, 5.41) is 4.23. The Bertz CT molecular complexity index is 205. The highest BCUT2D eigenvalue weighted by atomic mass is 15.3. The first-order valence-corrected chi connectivity index (χ1v) is 3.29. The molecule has 1 heterocycles. The van der Waals surface area contributed by atoms with Crippen LogP contribution in [0.25, 0.3) is 0 Å². The molecule has 0 unspecified atom stereocenters. The minimum absolute atomic E-state index is 0.947. The monoisotopic (exact) mass is 138 g/mol. The van der Waals surface area contributed by atoms with Crippen molar-refractivity contribution in [1.29, 1.82) is 0 Å². The maximum atomic E-state index is 4.27. The number of nitrogens with zero attached hydrogens (tertiary/aromatic N) is 3. The minimum Gasteiger partial charge on any atom is -0.138 e. The summed E-state index contributed by atoms with van der Waals surface area (Å²) >= 11 is 0. The van der Waals surface area contributed by atoms with Gasteiger partial charge in [-0.25, -0.2) is 0 Å². The third kappa shape index (κ3) is 1.12. The molecule has 0 saturated heterocycles. The number of aromatic nitrogens is 3. The Hall–Kier alpha value is -0.990. The summed E-state index contributed by atoms with van der Waals surface area (Å²) in [5.41, 5.74) is 2.00. The first kappa shape index (κ1) is 7.12. The van der Waals surface area contributed by atoms with Crippen LogP contribution < -0.4 is 4.68 Å². The van der Waals surface area contributed by atoms with Crippen molar-refractivity contribution in [3.05, 3.63) is 17.2 Å². The summed E-state index contributed by atoms with van der Waals surface area (Å²) in [7, 11) is 1.90. The third-order valence-electron chi connectivity index (χ3n) is 1.62. The predicted octanol–water partition coefficient (Wildman–Crippen LogP) is 0.226. The maximum absolute atomic E-state index is 4.27. The van der Waals surface area contributed by atoms with Crippen molar-refractivity contribution >= 4 is 0 Å². The van der Waals surface area contributed by atoms with Gasteiger partial charge < -0.3 is 0 Å². The summed E-state index contributed by atoms with van der Waals surface area (Å²) in [6.45, 7) is 5.87. The van der Waals surface area contributed by atoms with Gasteiger partial charge >= 0.3 is 5.82 Å². The van der Waals surface area contributed by atoms with Gasteiger partial charge in [0.25, 0.3) is 0 Å². The van der Waals surface area contributed by atoms with Crippen molar-refractivity contribution in [2.24, 2.45) is 7.05 Å². The van der Waals surface area contributed by atoms with Gasteiger partial charge in [0.15, 0.2) is 5.69 Å². The van der Waals surface area contributed by atoms with E-state index in [1.807, 2.05) is 27.8 Å². The number of hydrogen-bond acceptors (Lipinski definition) is 2. The van der Waals surface area contributed by atoms with Gasteiger partial charge in [-0.15, -0.1) is 4.68 Å². The lowest BCUT2D eigenvalue weighted by atomic mass is 10.4. The first-order chi connectivity index (χ1) is 4.61. The van der Waals surface area contributed by atoms with Crippen molar-refractivity contribution in [3.63, 3.8) is 0 Å². The molecule has 0 aromatic carbocycles. The molecule has 0 bridgehead atoms.